The molecule has 0 spiro atoms. The summed E-state index contributed by atoms with van der Waals surface area (Å²) < 4.78 is 16.0. The number of carbonyl (C=O) groups excluding carboxylic acids is 1. The number of nitrogens with one attached hydrogen (secondary N) is 1. The Morgan fingerprint density at radius 3 is 2.63 bits per heavy atom. The van der Waals surface area contributed by atoms with E-state index in [1.54, 1.807) is 29.1 Å². The number of rotatable bonds is 6. The van der Waals surface area contributed by atoms with Crippen molar-refractivity contribution in [1.82, 2.24) is 15.1 Å². The van der Waals surface area contributed by atoms with Crippen LogP contribution in [-0.4, -0.2) is 15.7 Å². The molecule has 0 unspecified atom stereocenters. The molecule has 1 heterocycles. The molecule has 0 aliphatic heterocycles. The Kier molecular flexibility index (Phi) is 5.95. The summed E-state index contributed by atoms with van der Waals surface area (Å²) in [6, 6.07) is 19.6. The maximum Gasteiger partial charge on any atom is 0.252 e. The number of fused-ring (bicyclic) bond motifs is 1. The monoisotopic (exact) mass is 465 g/mol. The minimum Gasteiger partial charge on any atom is -0.345 e. The van der Waals surface area contributed by atoms with Gasteiger partial charge in [0.25, 0.3) is 5.91 Å². The highest BCUT2D eigenvalue weighted by molar-refractivity contribution is 9.10. The van der Waals surface area contributed by atoms with Gasteiger partial charge in [-0.2, -0.15) is 5.10 Å². The number of hydrogen-bond acceptors (Lipinski definition) is 2. The van der Waals surface area contributed by atoms with E-state index < -0.39 is 0 Å². The molecule has 3 aromatic carbocycles. The average molecular weight is 466 g/mol. The first-order chi connectivity index (χ1) is 14.6. The summed E-state index contributed by atoms with van der Waals surface area (Å²) in [5, 5.41) is 8.37. The summed E-state index contributed by atoms with van der Waals surface area (Å²) in [5.41, 5.74) is 3.16. The molecule has 1 atom stereocenters. The Morgan fingerprint density at radius 2 is 1.90 bits per heavy atom. The van der Waals surface area contributed by atoms with Gasteiger partial charge in [-0.15, -0.1) is 0 Å². The van der Waals surface area contributed by atoms with E-state index in [0.717, 1.165) is 39.5 Å². The third-order valence-electron chi connectivity index (χ3n) is 5.06. The Balaban J connectivity index is 1.67. The standard InChI is InChI=1S/C24H21BrFN3O/c1-2-5-22(16-6-3-7-17(25)14-16)28-24(30)20-8-4-9-23-21(20)15-27-29(23)19-12-10-18(26)11-13-19/h3-4,6-15,22H,2,5H2,1H3,(H,28,30)/t22-/m0/s1. The Hall–Kier alpha value is -2.99. The molecule has 6 heteroatoms. The Bertz CT molecular complexity index is 1190. The summed E-state index contributed by atoms with van der Waals surface area (Å²) in [4.78, 5) is 13.2. The molecule has 4 rings (SSSR count). The molecule has 0 saturated heterocycles. The molecule has 30 heavy (non-hydrogen) atoms. The van der Waals surface area contributed by atoms with E-state index in [2.05, 4.69) is 33.3 Å². The van der Waals surface area contributed by atoms with Crippen LogP contribution in [0.2, 0.25) is 0 Å². The Labute approximate surface area is 182 Å². The van der Waals surface area contributed by atoms with Crippen LogP contribution in [0.25, 0.3) is 16.6 Å². The van der Waals surface area contributed by atoms with Gasteiger partial charge in [0, 0.05) is 9.86 Å². The number of carbonyl (C=O) groups is 1. The summed E-state index contributed by atoms with van der Waals surface area (Å²) in [6.07, 6.45) is 3.47. The first kappa shape index (κ1) is 20.3. The summed E-state index contributed by atoms with van der Waals surface area (Å²) in [5.74, 6) is -0.442. The normalized spacial score (nSPS) is 12.1. The minimum atomic E-state index is -0.301. The SMILES string of the molecule is CCC[C@H](NC(=O)c1cccc2c1cnn2-c1ccc(F)cc1)c1cccc(Br)c1. The van der Waals surface area contributed by atoms with Crippen LogP contribution in [0.1, 0.15) is 41.7 Å². The van der Waals surface area contributed by atoms with Crippen molar-refractivity contribution >= 4 is 32.7 Å². The lowest BCUT2D eigenvalue weighted by Crippen LogP contribution is -2.28. The van der Waals surface area contributed by atoms with Gasteiger partial charge in [0.1, 0.15) is 5.82 Å². The zero-order valence-electron chi connectivity index (χ0n) is 16.5. The van der Waals surface area contributed by atoms with E-state index in [1.807, 2.05) is 36.4 Å². The van der Waals surface area contributed by atoms with E-state index in [-0.39, 0.29) is 17.8 Å². The van der Waals surface area contributed by atoms with Gasteiger partial charge in [0.15, 0.2) is 0 Å². The van der Waals surface area contributed by atoms with Crippen LogP contribution in [-0.2, 0) is 0 Å². The second kappa shape index (κ2) is 8.79. The number of nitrogens with zero attached hydrogens (tertiary/aromatic N) is 2. The molecule has 0 radical (unpaired) electrons. The molecule has 1 aromatic heterocycles. The van der Waals surface area contributed by atoms with Crippen molar-refractivity contribution in [2.75, 3.05) is 0 Å². The second-order valence-electron chi connectivity index (χ2n) is 7.14. The largest absolute Gasteiger partial charge is 0.345 e. The van der Waals surface area contributed by atoms with Crippen LogP contribution in [0.5, 0.6) is 0 Å². The predicted octanol–water partition coefficient (Wildman–Crippen LogP) is 6.20. The van der Waals surface area contributed by atoms with Gasteiger partial charge >= 0.3 is 0 Å². The fourth-order valence-electron chi connectivity index (χ4n) is 3.61. The molecule has 0 saturated carbocycles. The van der Waals surface area contributed by atoms with Crippen LogP contribution in [0, 0.1) is 5.82 Å². The van der Waals surface area contributed by atoms with Gasteiger partial charge in [-0.1, -0.05) is 47.5 Å². The molecule has 0 fully saturated rings. The van der Waals surface area contributed by atoms with Gasteiger partial charge in [0.05, 0.1) is 29.0 Å². The molecule has 0 aliphatic carbocycles. The van der Waals surface area contributed by atoms with E-state index in [4.69, 9.17) is 0 Å². The highest BCUT2D eigenvalue weighted by Gasteiger charge is 2.18. The smallest absolute Gasteiger partial charge is 0.252 e. The lowest BCUT2D eigenvalue weighted by Gasteiger charge is -2.19. The van der Waals surface area contributed by atoms with Gasteiger partial charge in [0.2, 0.25) is 0 Å². The first-order valence-corrected chi connectivity index (χ1v) is 10.6. The van der Waals surface area contributed by atoms with Crippen molar-refractivity contribution in [1.29, 1.82) is 0 Å². The van der Waals surface area contributed by atoms with Crippen molar-refractivity contribution in [3.8, 4) is 5.69 Å². The van der Waals surface area contributed by atoms with E-state index in [9.17, 15) is 9.18 Å². The molecule has 1 amide bonds. The summed E-state index contributed by atoms with van der Waals surface area (Å²) in [7, 11) is 0. The third kappa shape index (κ3) is 4.14. The van der Waals surface area contributed by atoms with Crippen LogP contribution in [0.4, 0.5) is 4.39 Å². The van der Waals surface area contributed by atoms with Crippen molar-refractivity contribution in [2.45, 2.75) is 25.8 Å². The number of benzene rings is 3. The lowest BCUT2D eigenvalue weighted by molar-refractivity contribution is 0.0936. The molecule has 1 N–H and O–H groups in total. The number of halogens is 2. The van der Waals surface area contributed by atoms with Crippen LogP contribution in [0.15, 0.2) is 77.4 Å². The van der Waals surface area contributed by atoms with Crippen molar-refractivity contribution < 1.29 is 9.18 Å². The van der Waals surface area contributed by atoms with Crippen molar-refractivity contribution in [3.05, 3.63) is 94.3 Å². The van der Waals surface area contributed by atoms with E-state index >= 15 is 0 Å². The number of hydrogen-bond donors (Lipinski definition) is 1. The number of amides is 1. The molecule has 4 aromatic rings. The maximum absolute atomic E-state index is 13.3. The quantitative estimate of drug-likeness (QED) is 0.368. The lowest BCUT2D eigenvalue weighted by atomic mass is 10.0. The topological polar surface area (TPSA) is 46.9 Å². The third-order valence-corrected chi connectivity index (χ3v) is 5.56. The van der Waals surface area contributed by atoms with E-state index in [0.29, 0.717) is 5.56 Å². The van der Waals surface area contributed by atoms with Gasteiger partial charge < -0.3 is 5.32 Å². The van der Waals surface area contributed by atoms with Crippen LogP contribution in [0.3, 0.4) is 0 Å². The molecule has 0 aliphatic rings. The Morgan fingerprint density at radius 1 is 1.13 bits per heavy atom. The molecular formula is C24H21BrFN3O. The highest BCUT2D eigenvalue weighted by atomic mass is 79.9. The summed E-state index contributed by atoms with van der Waals surface area (Å²) >= 11 is 3.51. The van der Waals surface area contributed by atoms with Crippen molar-refractivity contribution in [3.63, 3.8) is 0 Å². The van der Waals surface area contributed by atoms with Gasteiger partial charge in [-0.3, -0.25) is 4.79 Å². The highest BCUT2D eigenvalue weighted by Crippen LogP contribution is 2.25. The molecular weight excluding hydrogens is 445 g/mol. The maximum atomic E-state index is 13.3. The number of aromatic nitrogens is 2. The van der Waals surface area contributed by atoms with Crippen molar-refractivity contribution in [2.24, 2.45) is 0 Å². The molecule has 152 valence electrons. The molecule has 0 bridgehead atoms. The van der Waals surface area contributed by atoms with E-state index in [1.165, 1.54) is 12.1 Å². The zero-order chi connectivity index (χ0) is 21.1. The zero-order valence-corrected chi connectivity index (χ0v) is 18.1. The predicted molar refractivity (Wildman–Crippen MR) is 120 cm³/mol. The fraction of sp³-hybridized carbons (Fsp3) is 0.167. The van der Waals surface area contributed by atoms with Gasteiger partial charge in [-0.25, -0.2) is 9.07 Å². The second-order valence-corrected chi connectivity index (χ2v) is 8.06. The van der Waals surface area contributed by atoms with Crippen LogP contribution >= 0.6 is 15.9 Å². The minimum absolute atomic E-state index is 0.0811. The average Bonchev–Trinajstić information content (AvgIpc) is 3.18. The first-order valence-electron chi connectivity index (χ1n) is 9.86. The molecule has 4 nitrogen and oxygen atoms in total. The fourth-order valence-corrected chi connectivity index (χ4v) is 4.02. The van der Waals surface area contributed by atoms with Crippen LogP contribution < -0.4 is 5.32 Å². The summed E-state index contributed by atoms with van der Waals surface area (Å²) in [6.45, 7) is 2.10. The van der Waals surface area contributed by atoms with Gasteiger partial charge in [-0.05, 0) is 60.5 Å².